The summed E-state index contributed by atoms with van der Waals surface area (Å²) < 4.78 is 5.69. The summed E-state index contributed by atoms with van der Waals surface area (Å²) in [5.74, 6) is -0.896. The molecule has 6 nitrogen and oxygen atoms in total. The van der Waals surface area contributed by atoms with Gasteiger partial charge in [0.05, 0.1) is 6.04 Å². The van der Waals surface area contributed by atoms with Crippen LogP contribution in [0.3, 0.4) is 0 Å². The SMILES string of the molecule is C[C@H](N)C(=O)NC(Cc1ccc(OCc2ccccc2)cc1)C(=O)O. The normalized spacial score (nSPS) is 12.9. The van der Waals surface area contributed by atoms with Crippen LogP contribution in [0.2, 0.25) is 0 Å². The Kier molecular flexibility index (Phi) is 6.54. The van der Waals surface area contributed by atoms with Crippen LogP contribution in [-0.4, -0.2) is 29.1 Å². The Morgan fingerprint density at radius 3 is 2.28 bits per heavy atom. The smallest absolute Gasteiger partial charge is 0.326 e. The predicted octanol–water partition coefficient (Wildman–Crippen LogP) is 1.72. The van der Waals surface area contributed by atoms with Gasteiger partial charge in [-0.05, 0) is 30.2 Å². The highest BCUT2D eigenvalue weighted by Gasteiger charge is 2.21. The topological polar surface area (TPSA) is 102 Å². The van der Waals surface area contributed by atoms with E-state index in [-0.39, 0.29) is 6.42 Å². The third-order valence-electron chi connectivity index (χ3n) is 3.64. The maximum Gasteiger partial charge on any atom is 0.326 e. The number of carbonyl (C=O) groups is 2. The van der Waals surface area contributed by atoms with E-state index in [1.54, 1.807) is 24.3 Å². The molecule has 0 aromatic heterocycles. The minimum Gasteiger partial charge on any atom is -0.489 e. The number of hydrogen-bond donors (Lipinski definition) is 3. The van der Waals surface area contributed by atoms with Gasteiger partial charge >= 0.3 is 5.97 Å². The fraction of sp³-hybridized carbons (Fsp3) is 0.263. The Labute approximate surface area is 146 Å². The lowest BCUT2D eigenvalue weighted by Gasteiger charge is -2.16. The molecule has 0 aliphatic rings. The van der Waals surface area contributed by atoms with E-state index < -0.39 is 24.0 Å². The van der Waals surface area contributed by atoms with Gasteiger partial charge in [-0.3, -0.25) is 4.79 Å². The van der Waals surface area contributed by atoms with Gasteiger partial charge in [-0.2, -0.15) is 0 Å². The summed E-state index contributed by atoms with van der Waals surface area (Å²) >= 11 is 0. The summed E-state index contributed by atoms with van der Waals surface area (Å²) in [5.41, 5.74) is 7.31. The van der Waals surface area contributed by atoms with Crippen molar-refractivity contribution < 1.29 is 19.4 Å². The van der Waals surface area contributed by atoms with Gasteiger partial charge in [0.1, 0.15) is 18.4 Å². The second-order valence-electron chi connectivity index (χ2n) is 5.81. The number of ether oxygens (including phenoxy) is 1. The average Bonchev–Trinajstić information content (AvgIpc) is 2.61. The van der Waals surface area contributed by atoms with Crippen LogP contribution in [0.5, 0.6) is 5.75 Å². The molecule has 0 heterocycles. The Morgan fingerprint density at radius 1 is 1.08 bits per heavy atom. The number of carbonyl (C=O) groups excluding carboxylic acids is 1. The zero-order valence-corrected chi connectivity index (χ0v) is 14.0. The van der Waals surface area contributed by atoms with E-state index in [9.17, 15) is 14.7 Å². The molecule has 1 unspecified atom stereocenters. The van der Waals surface area contributed by atoms with Crippen LogP contribution >= 0.6 is 0 Å². The molecule has 0 fully saturated rings. The molecule has 0 bridgehead atoms. The number of nitrogens with two attached hydrogens (primary N) is 1. The van der Waals surface area contributed by atoms with Gasteiger partial charge in [-0.25, -0.2) is 4.79 Å². The third-order valence-corrected chi connectivity index (χ3v) is 3.64. The maximum absolute atomic E-state index is 11.6. The Bertz CT molecular complexity index is 699. The molecule has 132 valence electrons. The monoisotopic (exact) mass is 342 g/mol. The van der Waals surface area contributed by atoms with E-state index in [2.05, 4.69) is 5.32 Å². The summed E-state index contributed by atoms with van der Waals surface area (Å²) in [6, 6.07) is 15.2. The molecule has 2 rings (SSSR count). The van der Waals surface area contributed by atoms with Crippen molar-refractivity contribution in [2.24, 2.45) is 5.73 Å². The number of carboxylic acids is 1. The Balaban J connectivity index is 1.93. The highest BCUT2D eigenvalue weighted by Crippen LogP contribution is 2.15. The lowest BCUT2D eigenvalue weighted by molar-refractivity contribution is -0.141. The molecule has 0 saturated heterocycles. The van der Waals surface area contributed by atoms with Crippen molar-refractivity contribution in [3.63, 3.8) is 0 Å². The maximum atomic E-state index is 11.6. The van der Waals surface area contributed by atoms with Gasteiger partial charge < -0.3 is 20.9 Å². The molecule has 4 N–H and O–H groups in total. The highest BCUT2D eigenvalue weighted by molar-refractivity contribution is 5.86. The predicted molar refractivity (Wildman–Crippen MR) is 94.1 cm³/mol. The van der Waals surface area contributed by atoms with Crippen LogP contribution in [0, 0.1) is 0 Å². The molecular weight excluding hydrogens is 320 g/mol. The largest absolute Gasteiger partial charge is 0.489 e. The summed E-state index contributed by atoms with van der Waals surface area (Å²) in [4.78, 5) is 22.9. The number of rotatable bonds is 8. The molecule has 0 radical (unpaired) electrons. The van der Waals surface area contributed by atoms with Crippen molar-refractivity contribution in [1.29, 1.82) is 0 Å². The first-order valence-corrected chi connectivity index (χ1v) is 8.00. The van der Waals surface area contributed by atoms with Crippen molar-refractivity contribution >= 4 is 11.9 Å². The molecule has 2 aromatic carbocycles. The van der Waals surface area contributed by atoms with Gasteiger partial charge in [-0.1, -0.05) is 42.5 Å². The quantitative estimate of drug-likeness (QED) is 0.678. The van der Waals surface area contributed by atoms with Gasteiger partial charge in [0, 0.05) is 6.42 Å². The van der Waals surface area contributed by atoms with Gasteiger partial charge in [0.2, 0.25) is 5.91 Å². The fourth-order valence-corrected chi connectivity index (χ4v) is 2.20. The number of carboxylic acid groups (broad SMARTS) is 1. The second kappa shape index (κ2) is 8.84. The number of hydrogen-bond acceptors (Lipinski definition) is 4. The molecule has 25 heavy (non-hydrogen) atoms. The first-order valence-electron chi connectivity index (χ1n) is 8.00. The lowest BCUT2D eigenvalue weighted by Crippen LogP contribution is -2.48. The molecule has 0 spiro atoms. The van der Waals surface area contributed by atoms with E-state index >= 15 is 0 Å². The summed E-state index contributed by atoms with van der Waals surface area (Å²) in [5, 5.41) is 11.7. The van der Waals surface area contributed by atoms with Crippen LogP contribution in [-0.2, 0) is 22.6 Å². The summed E-state index contributed by atoms with van der Waals surface area (Å²) in [6.45, 7) is 1.97. The van der Waals surface area contributed by atoms with Crippen molar-refractivity contribution in [3.05, 3.63) is 65.7 Å². The molecule has 0 aliphatic carbocycles. The highest BCUT2D eigenvalue weighted by atomic mass is 16.5. The van der Waals surface area contributed by atoms with Crippen molar-refractivity contribution in [1.82, 2.24) is 5.32 Å². The Morgan fingerprint density at radius 2 is 1.72 bits per heavy atom. The van der Waals surface area contributed by atoms with Gasteiger partial charge in [0.25, 0.3) is 0 Å². The first kappa shape index (κ1) is 18.5. The summed E-state index contributed by atoms with van der Waals surface area (Å²) in [6.07, 6.45) is 0.173. The molecule has 0 saturated carbocycles. The number of amides is 1. The summed E-state index contributed by atoms with van der Waals surface area (Å²) in [7, 11) is 0. The van der Waals surface area contributed by atoms with Crippen LogP contribution in [0.1, 0.15) is 18.1 Å². The molecule has 2 atom stereocenters. The number of benzene rings is 2. The molecule has 0 aliphatic heterocycles. The van der Waals surface area contributed by atoms with Crippen LogP contribution in [0.15, 0.2) is 54.6 Å². The number of nitrogens with one attached hydrogen (secondary N) is 1. The van der Waals surface area contributed by atoms with Crippen molar-refractivity contribution in [2.75, 3.05) is 0 Å². The molecule has 1 amide bonds. The van der Waals surface area contributed by atoms with E-state index in [1.165, 1.54) is 6.92 Å². The van der Waals surface area contributed by atoms with Gasteiger partial charge in [-0.15, -0.1) is 0 Å². The van der Waals surface area contributed by atoms with E-state index in [1.807, 2.05) is 30.3 Å². The lowest BCUT2D eigenvalue weighted by atomic mass is 10.1. The Hall–Kier alpha value is -2.86. The van der Waals surface area contributed by atoms with Crippen molar-refractivity contribution in [2.45, 2.75) is 32.0 Å². The van der Waals surface area contributed by atoms with Crippen molar-refractivity contribution in [3.8, 4) is 5.75 Å². The van der Waals surface area contributed by atoms with E-state index in [0.29, 0.717) is 12.4 Å². The standard InChI is InChI=1S/C19H22N2O4/c1-13(20)18(22)21-17(19(23)24)11-14-7-9-16(10-8-14)25-12-15-5-3-2-4-6-15/h2-10,13,17H,11-12,20H2,1H3,(H,21,22)(H,23,24)/t13-,17?/m0/s1. The first-order chi connectivity index (χ1) is 12.0. The molecule has 2 aromatic rings. The van der Waals surface area contributed by atoms with Crippen LogP contribution in [0.4, 0.5) is 0 Å². The van der Waals surface area contributed by atoms with E-state index in [0.717, 1.165) is 11.1 Å². The zero-order chi connectivity index (χ0) is 18.2. The third kappa shape index (κ3) is 5.93. The van der Waals surface area contributed by atoms with Crippen LogP contribution in [0.25, 0.3) is 0 Å². The average molecular weight is 342 g/mol. The van der Waals surface area contributed by atoms with Gasteiger partial charge in [0.15, 0.2) is 0 Å². The fourth-order valence-electron chi connectivity index (χ4n) is 2.20. The number of aliphatic carboxylic acids is 1. The van der Waals surface area contributed by atoms with E-state index in [4.69, 9.17) is 10.5 Å². The minimum absolute atomic E-state index is 0.173. The second-order valence-corrected chi connectivity index (χ2v) is 5.81. The zero-order valence-electron chi connectivity index (χ0n) is 14.0. The van der Waals surface area contributed by atoms with Crippen LogP contribution < -0.4 is 15.8 Å². The molecule has 6 heteroatoms. The molecular formula is C19H22N2O4. The minimum atomic E-state index is -1.10.